The third-order valence-electron chi connectivity index (χ3n) is 3.24. The molecule has 0 fully saturated rings. The highest BCUT2D eigenvalue weighted by atomic mass is 16.4. The van der Waals surface area contributed by atoms with Crippen LogP contribution in [0, 0.1) is 5.41 Å². The summed E-state index contributed by atoms with van der Waals surface area (Å²) in [6, 6.07) is 7.46. The third-order valence-corrected chi connectivity index (χ3v) is 3.24. The summed E-state index contributed by atoms with van der Waals surface area (Å²) in [5.41, 5.74) is -0.0352. The van der Waals surface area contributed by atoms with Crippen LogP contribution in [0.2, 0.25) is 0 Å². The Morgan fingerprint density at radius 2 is 1.83 bits per heavy atom. The fourth-order valence-electron chi connectivity index (χ4n) is 1.96. The topological polar surface area (TPSA) is 59.3 Å². The number of carbonyl (C=O) groups is 2. The number of aliphatic carboxylic acids is 1. The number of hydrogen-bond acceptors (Lipinski definition) is 2. The number of Topliss-reactive ketones (excluding diaryl/α,β-unsaturated/α-hetero) is 1. The molecule has 94 valence electrons. The summed E-state index contributed by atoms with van der Waals surface area (Å²) in [4.78, 5) is 23.5. The molecular formula is C14H15NO3. The van der Waals surface area contributed by atoms with Crippen molar-refractivity contribution in [1.29, 1.82) is 0 Å². The van der Waals surface area contributed by atoms with Crippen molar-refractivity contribution in [2.24, 2.45) is 12.5 Å². The number of nitrogens with zero attached hydrogens (tertiary/aromatic N) is 1. The molecule has 0 spiro atoms. The summed E-state index contributed by atoms with van der Waals surface area (Å²) in [6.45, 7) is 2.86. The maximum atomic E-state index is 12.3. The molecule has 1 aromatic carbocycles. The van der Waals surface area contributed by atoms with Gasteiger partial charge in [-0.3, -0.25) is 9.59 Å². The van der Waals surface area contributed by atoms with Gasteiger partial charge < -0.3 is 9.67 Å². The lowest BCUT2D eigenvalue weighted by atomic mass is 9.84. The maximum absolute atomic E-state index is 12.3. The standard InChI is InChI=1S/C14H15NO3/c1-14(2,13(17)18)12(16)10-8-15(3)11-7-5-4-6-9(10)11/h4-8H,1-3H3,(H,17,18). The van der Waals surface area contributed by atoms with Crippen LogP contribution in [0.5, 0.6) is 0 Å². The Morgan fingerprint density at radius 1 is 1.22 bits per heavy atom. The van der Waals surface area contributed by atoms with Gasteiger partial charge in [-0.15, -0.1) is 0 Å². The van der Waals surface area contributed by atoms with Gasteiger partial charge in [0.25, 0.3) is 0 Å². The van der Waals surface area contributed by atoms with Crippen molar-refractivity contribution < 1.29 is 14.7 Å². The van der Waals surface area contributed by atoms with E-state index in [0.717, 1.165) is 10.9 Å². The van der Waals surface area contributed by atoms with Gasteiger partial charge in [-0.05, 0) is 19.9 Å². The zero-order valence-electron chi connectivity index (χ0n) is 10.6. The van der Waals surface area contributed by atoms with Gasteiger partial charge in [0.2, 0.25) is 0 Å². The molecule has 0 aliphatic carbocycles. The largest absolute Gasteiger partial charge is 0.481 e. The number of aromatic nitrogens is 1. The number of carboxylic acid groups (broad SMARTS) is 1. The molecule has 0 saturated carbocycles. The van der Waals surface area contributed by atoms with Gasteiger partial charge in [0, 0.05) is 29.7 Å². The molecule has 0 radical (unpaired) electrons. The first-order valence-electron chi connectivity index (χ1n) is 5.68. The highest BCUT2D eigenvalue weighted by molar-refractivity contribution is 6.17. The number of fused-ring (bicyclic) bond motifs is 1. The van der Waals surface area contributed by atoms with Gasteiger partial charge in [-0.2, -0.15) is 0 Å². The average Bonchev–Trinajstić information content (AvgIpc) is 2.66. The SMILES string of the molecule is Cn1cc(C(=O)C(C)(C)C(=O)O)c2ccccc21. The Hall–Kier alpha value is -2.10. The first kappa shape index (κ1) is 12.4. The highest BCUT2D eigenvalue weighted by Crippen LogP contribution is 2.28. The monoisotopic (exact) mass is 245 g/mol. The second kappa shape index (κ2) is 3.98. The number of carboxylic acids is 1. The zero-order chi connectivity index (χ0) is 13.5. The zero-order valence-corrected chi connectivity index (χ0v) is 10.6. The highest BCUT2D eigenvalue weighted by Gasteiger charge is 2.37. The van der Waals surface area contributed by atoms with Gasteiger partial charge in [0.05, 0.1) is 0 Å². The Labute approximate surface area is 105 Å². The molecule has 0 atom stereocenters. The Morgan fingerprint density at radius 3 is 2.44 bits per heavy atom. The summed E-state index contributed by atoms with van der Waals surface area (Å²) < 4.78 is 1.83. The predicted octanol–water partition coefficient (Wildman–Crippen LogP) is 2.47. The predicted molar refractivity (Wildman–Crippen MR) is 68.7 cm³/mol. The molecule has 2 aromatic rings. The number of aryl methyl sites for hydroxylation is 1. The van der Waals surface area contributed by atoms with Crippen molar-refractivity contribution in [1.82, 2.24) is 4.57 Å². The molecule has 0 amide bonds. The normalized spacial score (nSPS) is 11.7. The Bertz CT molecular complexity index is 638. The summed E-state index contributed by atoms with van der Waals surface area (Å²) in [7, 11) is 1.84. The minimum atomic E-state index is -1.41. The van der Waals surface area contributed by atoms with E-state index in [4.69, 9.17) is 5.11 Å². The molecule has 1 N–H and O–H groups in total. The van der Waals surface area contributed by atoms with Crippen molar-refractivity contribution >= 4 is 22.7 Å². The molecule has 0 bridgehead atoms. The molecule has 0 aliphatic heterocycles. The molecule has 0 saturated heterocycles. The van der Waals surface area contributed by atoms with Crippen molar-refractivity contribution in [3.05, 3.63) is 36.0 Å². The van der Waals surface area contributed by atoms with Crippen molar-refractivity contribution in [3.8, 4) is 0 Å². The van der Waals surface area contributed by atoms with Crippen LogP contribution in [0.1, 0.15) is 24.2 Å². The first-order chi connectivity index (χ1) is 8.35. The molecular weight excluding hydrogens is 230 g/mol. The van der Waals surface area contributed by atoms with Gasteiger partial charge in [0.1, 0.15) is 5.41 Å². The van der Waals surface area contributed by atoms with Crippen molar-refractivity contribution in [2.45, 2.75) is 13.8 Å². The summed E-state index contributed by atoms with van der Waals surface area (Å²) in [5.74, 6) is -1.48. The van der Waals surface area contributed by atoms with E-state index in [1.165, 1.54) is 13.8 Å². The minimum Gasteiger partial charge on any atom is -0.481 e. The fourth-order valence-corrected chi connectivity index (χ4v) is 1.96. The van der Waals surface area contributed by atoms with E-state index < -0.39 is 11.4 Å². The van der Waals surface area contributed by atoms with Gasteiger partial charge in [-0.1, -0.05) is 18.2 Å². The Kier molecular flexibility index (Phi) is 2.73. The lowest BCUT2D eigenvalue weighted by Crippen LogP contribution is -2.33. The number of rotatable bonds is 3. The van der Waals surface area contributed by atoms with E-state index >= 15 is 0 Å². The molecule has 0 aliphatic rings. The van der Waals surface area contributed by atoms with Crippen LogP contribution in [0.3, 0.4) is 0 Å². The summed E-state index contributed by atoms with van der Waals surface area (Å²) in [5, 5.41) is 9.92. The quantitative estimate of drug-likeness (QED) is 0.667. The van der Waals surface area contributed by atoms with E-state index in [0.29, 0.717) is 5.56 Å². The van der Waals surface area contributed by atoms with E-state index in [2.05, 4.69) is 0 Å². The number of benzene rings is 1. The number of hydrogen-bond donors (Lipinski definition) is 1. The van der Waals surface area contributed by atoms with Crippen LogP contribution in [0.15, 0.2) is 30.5 Å². The summed E-state index contributed by atoms with van der Waals surface area (Å²) >= 11 is 0. The second-order valence-electron chi connectivity index (χ2n) is 4.93. The van der Waals surface area contributed by atoms with E-state index in [9.17, 15) is 9.59 Å². The molecule has 18 heavy (non-hydrogen) atoms. The van der Waals surface area contributed by atoms with Crippen LogP contribution in [-0.4, -0.2) is 21.4 Å². The third kappa shape index (κ3) is 1.70. The van der Waals surface area contributed by atoms with Crippen molar-refractivity contribution in [3.63, 3.8) is 0 Å². The van der Waals surface area contributed by atoms with Crippen molar-refractivity contribution in [2.75, 3.05) is 0 Å². The van der Waals surface area contributed by atoms with Gasteiger partial charge in [-0.25, -0.2) is 0 Å². The smallest absolute Gasteiger partial charge is 0.316 e. The molecule has 1 heterocycles. The van der Waals surface area contributed by atoms with E-state index in [1.807, 2.05) is 35.9 Å². The number of para-hydroxylation sites is 1. The first-order valence-corrected chi connectivity index (χ1v) is 5.68. The summed E-state index contributed by atoms with van der Waals surface area (Å²) in [6.07, 6.45) is 1.69. The Balaban J connectivity index is 2.63. The van der Waals surface area contributed by atoms with Crippen LogP contribution in [0.4, 0.5) is 0 Å². The lowest BCUT2D eigenvalue weighted by molar-refractivity contribution is -0.144. The number of carbonyl (C=O) groups excluding carboxylic acids is 1. The average molecular weight is 245 g/mol. The molecule has 2 rings (SSSR count). The molecule has 4 nitrogen and oxygen atoms in total. The maximum Gasteiger partial charge on any atom is 0.316 e. The number of ketones is 1. The van der Waals surface area contributed by atoms with Crippen LogP contribution < -0.4 is 0 Å². The van der Waals surface area contributed by atoms with Crippen LogP contribution >= 0.6 is 0 Å². The minimum absolute atomic E-state index is 0.369. The van der Waals surface area contributed by atoms with Gasteiger partial charge >= 0.3 is 5.97 Å². The van der Waals surface area contributed by atoms with Crippen LogP contribution in [-0.2, 0) is 11.8 Å². The van der Waals surface area contributed by atoms with Gasteiger partial charge in [0.15, 0.2) is 5.78 Å². The second-order valence-corrected chi connectivity index (χ2v) is 4.93. The van der Waals surface area contributed by atoms with Crippen LogP contribution in [0.25, 0.3) is 10.9 Å². The van der Waals surface area contributed by atoms with E-state index in [-0.39, 0.29) is 5.78 Å². The molecule has 0 unspecified atom stereocenters. The lowest BCUT2D eigenvalue weighted by Gasteiger charge is -2.16. The molecule has 1 aromatic heterocycles. The molecule has 4 heteroatoms. The fraction of sp³-hybridized carbons (Fsp3) is 0.286. The van der Waals surface area contributed by atoms with E-state index in [1.54, 1.807) is 6.20 Å².